The van der Waals surface area contributed by atoms with Crippen LogP contribution in [0.25, 0.3) is 5.70 Å². The van der Waals surface area contributed by atoms with Crippen molar-refractivity contribution in [1.29, 1.82) is 0 Å². The number of anilines is 1. The van der Waals surface area contributed by atoms with E-state index >= 15 is 0 Å². The fourth-order valence-corrected chi connectivity index (χ4v) is 4.56. The molecule has 1 aliphatic heterocycles. The molecule has 0 amide bonds. The predicted octanol–water partition coefficient (Wildman–Crippen LogP) is 2.70. The van der Waals surface area contributed by atoms with Crippen LogP contribution in [0.3, 0.4) is 0 Å². The molecule has 0 fully saturated rings. The number of phenols is 1. The van der Waals surface area contributed by atoms with Gasteiger partial charge in [-0.2, -0.15) is 0 Å². The van der Waals surface area contributed by atoms with E-state index in [-0.39, 0.29) is 28.7 Å². The minimum absolute atomic E-state index is 0.0963. The van der Waals surface area contributed by atoms with E-state index in [4.69, 9.17) is 4.74 Å². The number of halogens is 1. The lowest BCUT2D eigenvalue weighted by Gasteiger charge is -2.27. The van der Waals surface area contributed by atoms with E-state index in [0.717, 1.165) is 0 Å². The zero-order valence-corrected chi connectivity index (χ0v) is 17.1. The second-order valence-corrected chi connectivity index (χ2v) is 7.83. The van der Waals surface area contributed by atoms with Gasteiger partial charge in [-0.1, -0.05) is 24.3 Å². The van der Waals surface area contributed by atoms with E-state index in [9.17, 15) is 19.5 Å². The molecule has 2 aliphatic rings. The number of aromatic amines is 2. The Labute approximate surface area is 177 Å². The number of nitrogens with one attached hydrogen (secondary N) is 3. The van der Waals surface area contributed by atoms with E-state index in [1.165, 1.54) is 7.11 Å². The number of rotatable bonds is 2. The number of phenolic OH excluding ortho intramolecular Hbond substituents is 1. The number of benzene rings is 2. The van der Waals surface area contributed by atoms with Crippen molar-refractivity contribution < 1.29 is 14.6 Å². The summed E-state index contributed by atoms with van der Waals surface area (Å²) in [5.41, 5.74) is 1.62. The van der Waals surface area contributed by atoms with Gasteiger partial charge in [-0.05, 0) is 33.6 Å². The Bertz CT molecular complexity index is 1400. The van der Waals surface area contributed by atoms with Crippen molar-refractivity contribution in [2.75, 3.05) is 12.4 Å². The van der Waals surface area contributed by atoms with Crippen LogP contribution in [0.15, 0.2) is 56.0 Å². The van der Waals surface area contributed by atoms with Crippen molar-refractivity contribution >= 4 is 33.2 Å². The van der Waals surface area contributed by atoms with Gasteiger partial charge in [0.15, 0.2) is 17.3 Å². The highest BCUT2D eigenvalue weighted by Crippen LogP contribution is 2.49. The number of hydrogen-bond donors (Lipinski definition) is 4. The number of carbonyl (C=O) groups is 1. The lowest BCUT2D eigenvalue weighted by molar-refractivity contribution is 0.103. The quantitative estimate of drug-likeness (QED) is 0.459. The molecule has 0 saturated heterocycles. The largest absolute Gasteiger partial charge is 0.503 e. The van der Waals surface area contributed by atoms with Gasteiger partial charge in [0.25, 0.3) is 5.56 Å². The summed E-state index contributed by atoms with van der Waals surface area (Å²) < 4.78 is 5.60. The number of carbonyl (C=O) groups excluding carboxylic acids is 1. The molecule has 30 heavy (non-hydrogen) atoms. The van der Waals surface area contributed by atoms with Gasteiger partial charge in [0, 0.05) is 22.6 Å². The summed E-state index contributed by atoms with van der Waals surface area (Å²) in [5.74, 6) is -0.688. The van der Waals surface area contributed by atoms with Gasteiger partial charge in [-0.25, -0.2) is 4.79 Å². The SMILES string of the molecule is COc1cc(C2C3=C(Nc4[nH]c(=O)[nH]c(=O)c42)c2ccccc2C3=O)cc(Br)c1O. The molecule has 0 saturated carbocycles. The first-order chi connectivity index (χ1) is 14.4. The number of allylic oxidation sites excluding steroid dienone is 1. The Morgan fingerprint density at radius 3 is 2.53 bits per heavy atom. The Morgan fingerprint density at radius 1 is 1.07 bits per heavy atom. The molecule has 0 radical (unpaired) electrons. The summed E-state index contributed by atoms with van der Waals surface area (Å²) in [6, 6.07) is 10.3. The maximum Gasteiger partial charge on any atom is 0.327 e. The van der Waals surface area contributed by atoms with E-state index in [1.807, 2.05) is 12.1 Å². The molecule has 8 nitrogen and oxygen atoms in total. The number of ketones is 1. The Balaban J connectivity index is 1.85. The summed E-state index contributed by atoms with van der Waals surface area (Å²) in [7, 11) is 1.41. The van der Waals surface area contributed by atoms with Gasteiger partial charge < -0.3 is 15.2 Å². The number of ether oxygens (including phenoxy) is 1. The molecule has 5 rings (SSSR count). The molecule has 1 aromatic heterocycles. The third-order valence-electron chi connectivity index (χ3n) is 5.37. The van der Waals surface area contributed by atoms with Gasteiger partial charge in [-0.3, -0.25) is 19.6 Å². The first kappa shape index (κ1) is 18.4. The van der Waals surface area contributed by atoms with E-state index in [1.54, 1.807) is 24.3 Å². The first-order valence-electron chi connectivity index (χ1n) is 8.99. The van der Waals surface area contributed by atoms with Crippen LogP contribution in [0.5, 0.6) is 11.5 Å². The second-order valence-electron chi connectivity index (χ2n) is 6.97. The van der Waals surface area contributed by atoms with Crippen molar-refractivity contribution in [3.8, 4) is 11.5 Å². The third-order valence-corrected chi connectivity index (χ3v) is 5.97. The van der Waals surface area contributed by atoms with Gasteiger partial charge in [0.05, 0.1) is 22.8 Å². The highest BCUT2D eigenvalue weighted by molar-refractivity contribution is 9.10. The molecular formula is C21H14BrN3O5. The Morgan fingerprint density at radius 2 is 1.80 bits per heavy atom. The number of hydrogen-bond acceptors (Lipinski definition) is 6. The smallest absolute Gasteiger partial charge is 0.327 e. The van der Waals surface area contributed by atoms with E-state index in [0.29, 0.717) is 32.4 Å². The Kier molecular flexibility index (Phi) is 3.97. The molecule has 1 atom stereocenters. The maximum absolute atomic E-state index is 13.3. The molecule has 4 N–H and O–H groups in total. The molecule has 2 heterocycles. The maximum atomic E-state index is 13.3. The molecule has 0 bridgehead atoms. The minimum Gasteiger partial charge on any atom is -0.503 e. The highest BCUT2D eigenvalue weighted by atomic mass is 79.9. The fraction of sp³-hybridized carbons (Fsp3) is 0.0952. The molecule has 1 unspecified atom stereocenters. The highest BCUT2D eigenvalue weighted by Gasteiger charge is 2.42. The van der Waals surface area contributed by atoms with E-state index < -0.39 is 17.2 Å². The van der Waals surface area contributed by atoms with Crippen LogP contribution in [-0.4, -0.2) is 28.0 Å². The number of methoxy groups -OCH3 is 1. The van der Waals surface area contributed by atoms with Crippen LogP contribution in [0.2, 0.25) is 0 Å². The number of H-pyrrole nitrogens is 2. The number of aromatic hydroxyl groups is 1. The van der Waals surface area contributed by atoms with Gasteiger partial charge in [-0.15, -0.1) is 0 Å². The third kappa shape index (κ3) is 2.48. The van der Waals surface area contributed by atoms with Gasteiger partial charge in [0.2, 0.25) is 0 Å². The molecule has 9 heteroatoms. The van der Waals surface area contributed by atoms with Gasteiger partial charge in [0.1, 0.15) is 5.82 Å². The molecular weight excluding hydrogens is 454 g/mol. The lowest BCUT2D eigenvalue weighted by atomic mass is 9.81. The zero-order valence-electron chi connectivity index (χ0n) is 15.5. The van der Waals surface area contributed by atoms with Crippen LogP contribution in [0.4, 0.5) is 5.82 Å². The number of Topliss-reactive ketones (excluding diaryl/α,β-unsaturated/α-hetero) is 1. The van der Waals surface area contributed by atoms with Crippen LogP contribution >= 0.6 is 15.9 Å². The zero-order chi connectivity index (χ0) is 21.2. The molecule has 0 spiro atoms. The average Bonchev–Trinajstić information content (AvgIpc) is 3.00. The number of fused-ring (bicyclic) bond motifs is 3. The summed E-state index contributed by atoms with van der Waals surface area (Å²) >= 11 is 3.30. The second kappa shape index (κ2) is 6.46. The van der Waals surface area contributed by atoms with Crippen molar-refractivity contribution in [2.45, 2.75) is 5.92 Å². The fourth-order valence-electron chi connectivity index (χ4n) is 4.10. The molecule has 3 aromatic rings. The minimum atomic E-state index is -0.789. The summed E-state index contributed by atoms with van der Waals surface area (Å²) in [4.78, 5) is 42.9. The van der Waals surface area contributed by atoms with Crippen molar-refractivity contribution in [2.24, 2.45) is 0 Å². The summed E-state index contributed by atoms with van der Waals surface area (Å²) in [5, 5.41) is 13.3. The average molecular weight is 468 g/mol. The van der Waals surface area contributed by atoms with Crippen LogP contribution in [-0.2, 0) is 0 Å². The molecule has 2 aromatic carbocycles. The normalized spacial score (nSPS) is 16.6. The van der Waals surface area contributed by atoms with E-state index in [2.05, 4.69) is 31.2 Å². The molecule has 1 aliphatic carbocycles. The first-order valence-corrected chi connectivity index (χ1v) is 9.78. The van der Waals surface area contributed by atoms with Crippen LogP contribution in [0.1, 0.15) is 33.0 Å². The summed E-state index contributed by atoms with van der Waals surface area (Å²) in [6.07, 6.45) is 0. The van der Waals surface area contributed by atoms with Crippen molar-refractivity contribution in [3.63, 3.8) is 0 Å². The standard InChI is InChI=1S/C21H14BrN3O5/c1-30-12-7-8(6-11(22)18(12)27)13-14-16(9-4-2-3-5-10(9)17(14)26)23-19-15(13)20(28)25-21(29)24-19/h2-7,13,27H,1H3,(H3,23,24,25,28,29). The predicted molar refractivity (Wildman–Crippen MR) is 113 cm³/mol. The van der Waals surface area contributed by atoms with Crippen molar-refractivity contribution in [1.82, 2.24) is 9.97 Å². The summed E-state index contributed by atoms with van der Waals surface area (Å²) in [6.45, 7) is 0. The lowest BCUT2D eigenvalue weighted by Crippen LogP contribution is -2.33. The molecule has 150 valence electrons. The Hall–Kier alpha value is -3.59. The van der Waals surface area contributed by atoms with Crippen LogP contribution < -0.4 is 21.3 Å². The topological polar surface area (TPSA) is 124 Å². The van der Waals surface area contributed by atoms with Crippen molar-refractivity contribution in [3.05, 3.63) is 89.5 Å². The van der Waals surface area contributed by atoms with Gasteiger partial charge >= 0.3 is 5.69 Å². The van der Waals surface area contributed by atoms with Crippen LogP contribution in [0, 0.1) is 0 Å². The monoisotopic (exact) mass is 467 g/mol. The number of aromatic nitrogens is 2.